The number of imide groups is 1. The van der Waals surface area contributed by atoms with E-state index in [1.165, 1.54) is 4.90 Å². The lowest BCUT2D eigenvalue weighted by atomic mass is 10.0. The van der Waals surface area contributed by atoms with E-state index in [1.807, 2.05) is 76.2 Å². The van der Waals surface area contributed by atoms with E-state index in [4.69, 9.17) is 4.74 Å². The van der Waals surface area contributed by atoms with E-state index in [1.54, 1.807) is 18.2 Å². The highest BCUT2D eigenvalue weighted by atomic mass is 16.5. The summed E-state index contributed by atoms with van der Waals surface area (Å²) in [6.07, 6.45) is -0.0987. The maximum Gasteiger partial charge on any atom is 0.282 e. The minimum absolute atomic E-state index is 0.0987. The van der Waals surface area contributed by atoms with Crippen LogP contribution in [0.1, 0.15) is 30.5 Å². The second-order valence-corrected chi connectivity index (χ2v) is 8.20. The lowest BCUT2D eigenvalue weighted by Crippen LogP contribution is -2.33. The highest BCUT2D eigenvalue weighted by molar-refractivity contribution is 6.46. The molecule has 0 bridgehead atoms. The number of carbonyl (C=O) groups excluding carboxylic acids is 2. The summed E-state index contributed by atoms with van der Waals surface area (Å²) in [6.45, 7) is 7.81. The van der Waals surface area contributed by atoms with E-state index in [2.05, 4.69) is 11.4 Å². The van der Waals surface area contributed by atoms with Gasteiger partial charge in [0.15, 0.2) is 0 Å². The first-order valence-electron chi connectivity index (χ1n) is 10.6. The van der Waals surface area contributed by atoms with Crippen molar-refractivity contribution in [2.45, 2.75) is 33.8 Å². The quantitative estimate of drug-likeness (QED) is 0.530. The van der Waals surface area contributed by atoms with E-state index in [9.17, 15) is 9.59 Å². The van der Waals surface area contributed by atoms with Gasteiger partial charge in [-0.2, -0.15) is 0 Å². The largest absolute Gasteiger partial charge is 0.489 e. The topological polar surface area (TPSA) is 58.6 Å². The van der Waals surface area contributed by atoms with Crippen LogP contribution in [0.25, 0.3) is 5.57 Å². The minimum Gasteiger partial charge on any atom is -0.489 e. The van der Waals surface area contributed by atoms with Gasteiger partial charge in [-0.3, -0.25) is 9.59 Å². The summed E-state index contributed by atoms with van der Waals surface area (Å²) in [5.41, 5.74) is 4.61. The van der Waals surface area contributed by atoms with Crippen molar-refractivity contribution < 1.29 is 14.3 Å². The number of para-hydroxylation sites is 2. The fourth-order valence-electron chi connectivity index (χ4n) is 3.92. The highest BCUT2D eigenvalue weighted by Crippen LogP contribution is 2.38. The third-order valence-corrected chi connectivity index (χ3v) is 5.11. The number of nitrogens with zero attached hydrogens (tertiary/aromatic N) is 1. The summed E-state index contributed by atoms with van der Waals surface area (Å²) in [5, 5.41) is 3.24. The van der Waals surface area contributed by atoms with Gasteiger partial charge in [0.1, 0.15) is 11.4 Å². The number of hydrogen-bond acceptors (Lipinski definition) is 4. The summed E-state index contributed by atoms with van der Waals surface area (Å²) in [5.74, 6) is -0.301. The van der Waals surface area contributed by atoms with Crippen LogP contribution in [-0.2, 0) is 9.59 Å². The molecule has 1 N–H and O–H groups in total. The van der Waals surface area contributed by atoms with Crippen LogP contribution in [0.4, 0.5) is 11.4 Å². The molecular formula is C27H26N2O3. The summed E-state index contributed by atoms with van der Waals surface area (Å²) < 4.78 is 5.90. The van der Waals surface area contributed by atoms with Gasteiger partial charge >= 0.3 is 0 Å². The zero-order valence-corrected chi connectivity index (χ0v) is 18.7. The summed E-state index contributed by atoms with van der Waals surface area (Å²) in [4.78, 5) is 28.5. The molecule has 2 amide bonds. The van der Waals surface area contributed by atoms with Crippen LogP contribution in [0, 0.1) is 13.8 Å². The first kappa shape index (κ1) is 21.4. The number of benzene rings is 3. The number of rotatable bonds is 6. The van der Waals surface area contributed by atoms with Crippen LogP contribution in [0.3, 0.4) is 0 Å². The number of anilines is 2. The number of aryl methyl sites for hydroxylation is 2. The molecule has 0 radical (unpaired) electrons. The normalized spacial score (nSPS) is 13.8. The summed E-state index contributed by atoms with van der Waals surface area (Å²) in [7, 11) is 0. The predicted molar refractivity (Wildman–Crippen MR) is 128 cm³/mol. The zero-order valence-electron chi connectivity index (χ0n) is 18.7. The lowest BCUT2D eigenvalue weighted by Gasteiger charge is -2.20. The molecule has 3 aromatic carbocycles. The molecule has 0 unspecified atom stereocenters. The van der Waals surface area contributed by atoms with Crippen LogP contribution in [0.15, 0.2) is 78.5 Å². The van der Waals surface area contributed by atoms with Gasteiger partial charge in [-0.05, 0) is 68.7 Å². The van der Waals surface area contributed by atoms with Crippen molar-refractivity contribution in [1.29, 1.82) is 0 Å². The SMILES string of the molecule is Cc1cc(C)cc(NC2=C(c3ccccc3)C(=O)N(c3ccccc3OC(C)C)C2=O)c1. The van der Waals surface area contributed by atoms with Crippen molar-refractivity contribution in [2.75, 3.05) is 10.2 Å². The predicted octanol–water partition coefficient (Wildman–Crippen LogP) is 5.49. The van der Waals surface area contributed by atoms with Gasteiger partial charge in [0, 0.05) is 5.69 Å². The van der Waals surface area contributed by atoms with Crippen molar-refractivity contribution in [2.24, 2.45) is 0 Å². The van der Waals surface area contributed by atoms with Gasteiger partial charge in [0.25, 0.3) is 11.8 Å². The van der Waals surface area contributed by atoms with Crippen molar-refractivity contribution in [3.63, 3.8) is 0 Å². The molecule has 1 heterocycles. The molecule has 1 aliphatic heterocycles. The number of amides is 2. The van der Waals surface area contributed by atoms with Crippen molar-refractivity contribution in [3.8, 4) is 5.75 Å². The lowest BCUT2D eigenvalue weighted by molar-refractivity contribution is -0.120. The molecule has 0 fully saturated rings. The van der Waals surface area contributed by atoms with E-state index in [0.29, 0.717) is 22.6 Å². The average Bonchev–Trinajstić information content (AvgIpc) is 2.97. The Morgan fingerprint density at radius 2 is 1.44 bits per heavy atom. The molecule has 0 saturated heterocycles. The van der Waals surface area contributed by atoms with Crippen molar-refractivity contribution >= 4 is 28.8 Å². The second kappa shape index (κ2) is 8.71. The number of carbonyl (C=O) groups is 2. The van der Waals surface area contributed by atoms with Gasteiger partial charge in [-0.1, -0.05) is 48.5 Å². The maximum absolute atomic E-state index is 13.6. The first-order chi connectivity index (χ1) is 15.3. The summed E-state index contributed by atoms with van der Waals surface area (Å²) >= 11 is 0. The number of nitrogens with one attached hydrogen (secondary N) is 1. The van der Waals surface area contributed by atoms with Crippen LogP contribution < -0.4 is 15.0 Å². The van der Waals surface area contributed by atoms with E-state index < -0.39 is 5.91 Å². The molecule has 0 atom stereocenters. The molecule has 5 nitrogen and oxygen atoms in total. The Morgan fingerprint density at radius 3 is 2.09 bits per heavy atom. The molecule has 1 aliphatic rings. The molecule has 32 heavy (non-hydrogen) atoms. The van der Waals surface area contributed by atoms with Gasteiger partial charge in [-0.15, -0.1) is 0 Å². The molecule has 0 saturated carbocycles. The van der Waals surface area contributed by atoms with Crippen LogP contribution in [-0.4, -0.2) is 17.9 Å². The minimum atomic E-state index is -0.409. The molecule has 0 aromatic heterocycles. The molecule has 0 spiro atoms. The van der Waals surface area contributed by atoms with Crippen LogP contribution in [0.5, 0.6) is 5.75 Å². The smallest absolute Gasteiger partial charge is 0.282 e. The Labute approximate surface area is 188 Å². The van der Waals surface area contributed by atoms with Gasteiger partial charge < -0.3 is 10.1 Å². The van der Waals surface area contributed by atoms with Gasteiger partial charge in [0.2, 0.25) is 0 Å². The monoisotopic (exact) mass is 426 g/mol. The fourth-order valence-corrected chi connectivity index (χ4v) is 3.92. The third-order valence-electron chi connectivity index (χ3n) is 5.11. The Hall–Kier alpha value is -3.86. The third kappa shape index (κ3) is 4.14. The van der Waals surface area contributed by atoms with Gasteiger partial charge in [-0.25, -0.2) is 4.90 Å². The summed E-state index contributed by atoms with van der Waals surface area (Å²) in [6, 6.07) is 22.4. The standard InChI is InChI=1S/C27H26N2O3/c1-17(2)32-23-13-9-8-12-22(23)29-26(30)24(20-10-6-5-7-11-20)25(27(29)31)28-21-15-18(3)14-19(4)16-21/h5-17,28H,1-4H3. The average molecular weight is 427 g/mol. The fraction of sp³-hybridized carbons (Fsp3) is 0.185. The second-order valence-electron chi connectivity index (χ2n) is 8.20. The molecule has 3 aromatic rings. The van der Waals surface area contributed by atoms with E-state index >= 15 is 0 Å². The van der Waals surface area contributed by atoms with Crippen LogP contribution in [0.2, 0.25) is 0 Å². The molecule has 0 aliphatic carbocycles. The molecule has 162 valence electrons. The molecule has 4 rings (SSSR count). The van der Waals surface area contributed by atoms with Crippen molar-refractivity contribution in [3.05, 3.63) is 95.2 Å². The van der Waals surface area contributed by atoms with Crippen LogP contribution >= 0.6 is 0 Å². The number of hydrogen-bond donors (Lipinski definition) is 1. The maximum atomic E-state index is 13.6. The highest BCUT2D eigenvalue weighted by Gasteiger charge is 2.41. The Balaban J connectivity index is 1.83. The van der Waals surface area contributed by atoms with E-state index in [0.717, 1.165) is 16.8 Å². The van der Waals surface area contributed by atoms with E-state index in [-0.39, 0.29) is 17.7 Å². The van der Waals surface area contributed by atoms with Crippen molar-refractivity contribution in [1.82, 2.24) is 0 Å². The Morgan fingerprint density at radius 1 is 0.812 bits per heavy atom. The number of ether oxygens (including phenoxy) is 1. The zero-order chi connectivity index (χ0) is 22.8. The molecule has 5 heteroatoms. The van der Waals surface area contributed by atoms with Gasteiger partial charge in [0.05, 0.1) is 17.4 Å². The molecular weight excluding hydrogens is 400 g/mol. The Bertz CT molecular complexity index is 1190. The Kier molecular flexibility index (Phi) is 5.82. The first-order valence-corrected chi connectivity index (χ1v) is 10.6.